The summed E-state index contributed by atoms with van der Waals surface area (Å²) >= 11 is 0. The zero-order valence-electron chi connectivity index (χ0n) is 10.1. The number of rotatable bonds is 3. The second kappa shape index (κ2) is 4.53. The van der Waals surface area contributed by atoms with E-state index in [2.05, 4.69) is 10.0 Å². The van der Waals surface area contributed by atoms with Gasteiger partial charge in [0, 0.05) is 25.7 Å². The number of fused-ring (bicyclic) bond motifs is 1. The fourth-order valence-corrected chi connectivity index (χ4v) is 3.71. The fourth-order valence-electron chi connectivity index (χ4n) is 2.15. The zero-order chi connectivity index (χ0) is 12.6. The van der Waals surface area contributed by atoms with Gasteiger partial charge < -0.3 is 5.32 Å². The van der Waals surface area contributed by atoms with Gasteiger partial charge in [0.1, 0.15) is 0 Å². The predicted molar refractivity (Wildman–Crippen MR) is 70.6 cm³/mol. The van der Waals surface area contributed by atoms with Crippen LogP contribution in [0, 0.1) is 0 Å². The first-order valence-electron chi connectivity index (χ1n) is 6.25. The highest BCUT2D eigenvalue weighted by Gasteiger charge is 2.32. The molecule has 1 aromatic rings. The Labute approximate surface area is 107 Å². The van der Waals surface area contributed by atoms with Gasteiger partial charge in [0.05, 0.1) is 5.69 Å². The van der Waals surface area contributed by atoms with E-state index in [9.17, 15) is 8.42 Å². The van der Waals surface area contributed by atoms with E-state index >= 15 is 0 Å². The van der Waals surface area contributed by atoms with Crippen LogP contribution in [0.25, 0.3) is 0 Å². The van der Waals surface area contributed by atoms with E-state index in [4.69, 9.17) is 0 Å². The Morgan fingerprint density at radius 1 is 1.28 bits per heavy atom. The largest absolute Gasteiger partial charge is 0.311 e. The normalized spacial score (nSPS) is 20.3. The van der Waals surface area contributed by atoms with Gasteiger partial charge in [-0.05, 0) is 24.5 Å². The third-order valence-corrected chi connectivity index (χ3v) is 4.84. The van der Waals surface area contributed by atoms with E-state index in [0.29, 0.717) is 19.6 Å². The summed E-state index contributed by atoms with van der Waals surface area (Å²) in [6.07, 6.45) is 1.90. The van der Waals surface area contributed by atoms with Crippen molar-refractivity contribution in [1.82, 2.24) is 10.0 Å². The van der Waals surface area contributed by atoms with Gasteiger partial charge in [-0.2, -0.15) is 13.1 Å². The van der Waals surface area contributed by atoms with Crippen LogP contribution in [0.1, 0.15) is 18.4 Å². The van der Waals surface area contributed by atoms with Crippen molar-refractivity contribution in [2.24, 2.45) is 0 Å². The molecule has 0 atom stereocenters. The smallest absolute Gasteiger partial charge is 0.301 e. The van der Waals surface area contributed by atoms with Crippen LogP contribution >= 0.6 is 0 Å². The molecule has 3 rings (SSSR count). The summed E-state index contributed by atoms with van der Waals surface area (Å²) in [5, 5.41) is 3.24. The summed E-state index contributed by atoms with van der Waals surface area (Å²) in [4.78, 5) is 0. The van der Waals surface area contributed by atoms with E-state index in [1.165, 1.54) is 4.31 Å². The van der Waals surface area contributed by atoms with Crippen LogP contribution in [0.4, 0.5) is 5.69 Å². The summed E-state index contributed by atoms with van der Waals surface area (Å²) in [5.41, 5.74) is 1.81. The lowest BCUT2D eigenvalue weighted by molar-refractivity contribution is 0.574. The van der Waals surface area contributed by atoms with Crippen LogP contribution in [0.15, 0.2) is 24.3 Å². The maximum absolute atomic E-state index is 12.3. The Bertz CT molecular complexity index is 540. The van der Waals surface area contributed by atoms with Gasteiger partial charge in [-0.1, -0.05) is 18.2 Å². The number of para-hydroxylation sites is 1. The van der Waals surface area contributed by atoms with E-state index in [1.54, 1.807) is 0 Å². The molecule has 0 spiro atoms. The lowest BCUT2D eigenvalue weighted by Gasteiger charge is -2.24. The van der Waals surface area contributed by atoms with Crippen molar-refractivity contribution in [1.29, 1.82) is 0 Å². The van der Waals surface area contributed by atoms with Crippen molar-refractivity contribution in [3.8, 4) is 0 Å². The van der Waals surface area contributed by atoms with Gasteiger partial charge in [-0.25, -0.2) is 0 Å². The zero-order valence-corrected chi connectivity index (χ0v) is 10.9. The quantitative estimate of drug-likeness (QED) is 0.843. The molecule has 0 aromatic heterocycles. The minimum Gasteiger partial charge on any atom is -0.311 e. The standard InChI is InChI=1S/C12H17N3O2S/c16-18(17,14-11-5-6-11)15-8-7-13-9-10-3-1-2-4-12(10)15/h1-4,11,13-14H,5-9H2. The number of anilines is 1. The maximum atomic E-state index is 12.3. The van der Waals surface area contributed by atoms with Gasteiger partial charge in [0.15, 0.2) is 0 Å². The minimum atomic E-state index is -3.41. The molecule has 6 heteroatoms. The minimum absolute atomic E-state index is 0.137. The van der Waals surface area contributed by atoms with E-state index in [0.717, 1.165) is 24.1 Å². The molecule has 1 heterocycles. The Hall–Kier alpha value is -1.11. The van der Waals surface area contributed by atoms with Gasteiger partial charge in [-0.3, -0.25) is 4.31 Å². The first-order chi connectivity index (χ1) is 8.67. The summed E-state index contributed by atoms with van der Waals surface area (Å²) in [7, 11) is -3.41. The first-order valence-corrected chi connectivity index (χ1v) is 7.69. The lowest BCUT2D eigenvalue weighted by atomic mass is 10.2. The summed E-state index contributed by atoms with van der Waals surface area (Å²) in [6, 6.07) is 7.79. The van der Waals surface area contributed by atoms with E-state index in [1.807, 2.05) is 24.3 Å². The molecule has 1 fully saturated rings. The molecule has 1 aromatic carbocycles. The first kappa shape index (κ1) is 12.0. The van der Waals surface area contributed by atoms with Crippen molar-refractivity contribution < 1.29 is 8.42 Å². The number of hydrogen-bond donors (Lipinski definition) is 2. The highest BCUT2D eigenvalue weighted by Crippen LogP contribution is 2.26. The lowest BCUT2D eigenvalue weighted by Crippen LogP contribution is -2.43. The third-order valence-electron chi connectivity index (χ3n) is 3.25. The number of nitrogens with one attached hydrogen (secondary N) is 2. The highest BCUT2D eigenvalue weighted by atomic mass is 32.2. The Kier molecular flexibility index (Phi) is 3.01. The van der Waals surface area contributed by atoms with Crippen molar-refractivity contribution in [3.05, 3.63) is 29.8 Å². The Balaban J connectivity index is 1.95. The fraction of sp³-hybridized carbons (Fsp3) is 0.500. The second-order valence-corrected chi connectivity index (χ2v) is 6.40. The Morgan fingerprint density at radius 3 is 2.83 bits per heavy atom. The molecule has 0 amide bonds. The molecule has 5 nitrogen and oxygen atoms in total. The van der Waals surface area contributed by atoms with Gasteiger partial charge in [-0.15, -0.1) is 0 Å². The molecule has 0 saturated heterocycles. The third kappa shape index (κ3) is 2.36. The summed E-state index contributed by atoms with van der Waals surface area (Å²) in [6.45, 7) is 1.85. The molecule has 0 unspecified atom stereocenters. The van der Waals surface area contributed by atoms with E-state index in [-0.39, 0.29) is 6.04 Å². The molecule has 1 aliphatic heterocycles. The Morgan fingerprint density at radius 2 is 2.06 bits per heavy atom. The van der Waals surface area contributed by atoms with Gasteiger partial charge in [0.25, 0.3) is 0 Å². The predicted octanol–water partition coefficient (Wildman–Crippen LogP) is 0.593. The summed E-state index contributed by atoms with van der Waals surface area (Å²) < 4.78 is 28.9. The SMILES string of the molecule is O=S(=O)(NC1CC1)N1CCNCc2ccccc21. The molecular weight excluding hydrogens is 250 g/mol. The van der Waals surface area contributed by atoms with Gasteiger partial charge in [0.2, 0.25) is 0 Å². The molecule has 2 aliphatic rings. The van der Waals surface area contributed by atoms with Crippen molar-refractivity contribution in [2.75, 3.05) is 17.4 Å². The van der Waals surface area contributed by atoms with Crippen LogP contribution in [-0.4, -0.2) is 27.5 Å². The second-order valence-electron chi connectivity index (χ2n) is 4.77. The highest BCUT2D eigenvalue weighted by molar-refractivity contribution is 7.90. The molecule has 0 radical (unpaired) electrons. The van der Waals surface area contributed by atoms with Gasteiger partial charge >= 0.3 is 10.2 Å². The number of nitrogens with zero attached hydrogens (tertiary/aromatic N) is 1. The summed E-state index contributed by atoms with van der Waals surface area (Å²) in [5.74, 6) is 0. The molecule has 1 aliphatic carbocycles. The molecule has 0 bridgehead atoms. The van der Waals surface area contributed by atoms with Crippen LogP contribution in [0.2, 0.25) is 0 Å². The average molecular weight is 267 g/mol. The van der Waals surface area contributed by atoms with Crippen LogP contribution < -0.4 is 14.3 Å². The van der Waals surface area contributed by atoms with Crippen molar-refractivity contribution >= 4 is 15.9 Å². The topological polar surface area (TPSA) is 61.4 Å². The molecule has 18 heavy (non-hydrogen) atoms. The maximum Gasteiger partial charge on any atom is 0.301 e. The molecule has 1 saturated carbocycles. The molecular formula is C12H17N3O2S. The van der Waals surface area contributed by atoms with E-state index < -0.39 is 10.2 Å². The molecule has 98 valence electrons. The average Bonchev–Trinajstić information content (AvgIpc) is 3.13. The number of hydrogen-bond acceptors (Lipinski definition) is 3. The van der Waals surface area contributed by atoms with Crippen molar-refractivity contribution in [2.45, 2.75) is 25.4 Å². The van der Waals surface area contributed by atoms with Crippen LogP contribution in [-0.2, 0) is 16.8 Å². The van der Waals surface area contributed by atoms with Crippen molar-refractivity contribution in [3.63, 3.8) is 0 Å². The van der Waals surface area contributed by atoms with Crippen LogP contribution in [0.3, 0.4) is 0 Å². The van der Waals surface area contributed by atoms with Crippen LogP contribution in [0.5, 0.6) is 0 Å². The monoisotopic (exact) mass is 267 g/mol. The molecule has 2 N–H and O–H groups in total. The number of benzene rings is 1.